The number of amides is 1. The number of carboxylic acid groups (broad SMARTS) is 1. The second kappa shape index (κ2) is 8.57. The monoisotopic (exact) mass is 502 g/mol. The zero-order valence-corrected chi connectivity index (χ0v) is 20.2. The Morgan fingerprint density at radius 2 is 1.97 bits per heavy atom. The minimum absolute atomic E-state index is 0.246. The van der Waals surface area contributed by atoms with Gasteiger partial charge in [-0.05, 0) is 73.5 Å². The van der Waals surface area contributed by atoms with E-state index in [-0.39, 0.29) is 5.78 Å². The van der Waals surface area contributed by atoms with Crippen LogP contribution in [0.15, 0.2) is 51.3 Å². The van der Waals surface area contributed by atoms with Gasteiger partial charge in [0.15, 0.2) is 11.5 Å². The second-order valence-corrected chi connectivity index (χ2v) is 10.0. The molecule has 2 N–H and O–H groups in total. The molecule has 2 aliphatic rings. The van der Waals surface area contributed by atoms with Gasteiger partial charge in [0.2, 0.25) is 0 Å². The minimum Gasteiger partial charge on any atom is -0.480 e. The van der Waals surface area contributed by atoms with E-state index < -0.39 is 23.6 Å². The maximum Gasteiger partial charge on any atom is 0.412 e. The third kappa shape index (κ3) is 4.14. The quantitative estimate of drug-likeness (QED) is 0.302. The standard InChI is InChI=1S/C27H22N2O6S/c1-15(16-5-3-2-4-6-16)33-26(32)28-22-20(29-36-23(22)17-7-8-17)10-9-19-13-18-14-21(35-24(18)34-19)27(11-12-27)25(30)31/h2-6,13-15,17H,7-8,11-12H2,1H3,(H,28,32)(H,30,31). The van der Waals surface area contributed by atoms with E-state index in [0.717, 1.165) is 23.3 Å². The van der Waals surface area contributed by atoms with E-state index in [1.165, 1.54) is 11.5 Å². The zero-order valence-electron chi connectivity index (χ0n) is 19.4. The lowest BCUT2D eigenvalue weighted by Crippen LogP contribution is -2.18. The molecule has 8 nitrogen and oxygen atoms in total. The van der Waals surface area contributed by atoms with Crippen LogP contribution in [0.4, 0.5) is 10.5 Å². The molecule has 6 rings (SSSR count). The fourth-order valence-corrected chi connectivity index (χ4v) is 5.12. The number of carboxylic acids is 1. The van der Waals surface area contributed by atoms with Crippen LogP contribution in [0.1, 0.15) is 72.3 Å². The van der Waals surface area contributed by atoms with E-state index in [0.29, 0.717) is 47.0 Å². The van der Waals surface area contributed by atoms with Gasteiger partial charge in [0.1, 0.15) is 17.3 Å². The molecule has 2 saturated carbocycles. The fourth-order valence-electron chi connectivity index (χ4n) is 4.17. The Morgan fingerprint density at radius 3 is 2.64 bits per heavy atom. The molecule has 0 radical (unpaired) electrons. The Bertz CT molecular complexity index is 1500. The van der Waals surface area contributed by atoms with Crippen LogP contribution in [-0.4, -0.2) is 21.5 Å². The summed E-state index contributed by atoms with van der Waals surface area (Å²) in [5, 5.41) is 13.0. The van der Waals surface area contributed by atoms with Gasteiger partial charge in [-0.25, -0.2) is 4.79 Å². The zero-order chi connectivity index (χ0) is 24.9. The number of carbonyl (C=O) groups is 2. The number of furan rings is 2. The maximum atomic E-state index is 12.7. The van der Waals surface area contributed by atoms with Crippen molar-refractivity contribution >= 4 is 40.4 Å². The molecule has 0 saturated heterocycles. The van der Waals surface area contributed by atoms with Gasteiger partial charge in [0.25, 0.3) is 5.78 Å². The number of hydrogen-bond donors (Lipinski definition) is 2. The van der Waals surface area contributed by atoms with Crippen molar-refractivity contribution in [1.29, 1.82) is 0 Å². The lowest BCUT2D eigenvalue weighted by molar-refractivity contribution is -0.140. The van der Waals surface area contributed by atoms with Crippen molar-refractivity contribution in [2.75, 3.05) is 5.32 Å². The topological polar surface area (TPSA) is 115 Å². The van der Waals surface area contributed by atoms with Gasteiger partial charge in [-0.3, -0.25) is 10.1 Å². The fraction of sp³-hybridized carbons (Fsp3) is 0.296. The van der Waals surface area contributed by atoms with E-state index in [1.54, 1.807) is 12.1 Å². The number of ether oxygens (including phenoxy) is 1. The molecule has 182 valence electrons. The highest BCUT2D eigenvalue weighted by molar-refractivity contribution is 7.06. The third-order valence-electron chi connectivity index (χ3n) is 6.60. The van der Waals surface area contributed by atoms with Crippen LogP contribution < -0.4 is 5.32 Å². The van der Waals surface area contributed by atoms with Gasteiger partial charge in [0, 0.05) is 6.07 Å². The van der Waals surface area contributed by atoms with Crippen molar-refractivity contribution in [2.45, 2.75) is 50.0 Å². The van der Waals surface area contributed by atoms with Gasteiger partial charge >= 0.3 is 12.1 Å². The number of aliphatic carboxylic acids is 1. The molecular weight excluding hydrogens is 480 g/mol. The lowest BCUT2D eigenvalue weighted by atomic mass is 10.0. The number of aromatic nitrogens is 1. The summed E-state index contributed by atoms with van der Waals surface area (Å²) in [6, 6.07) is 12.9. The summed E-state index contributed by atoms with van der Waals surface area (Å²) in [6.07, 6.45) is 2.24. The van der Waals surface area contributed by atoms with Crippen molar-refractivity contribution in [3.05, 3.63) is 70.1 Å². The van der Waals surface area contributed by atoms with Crippen molar-refractivity contribution in [2.24, 2.45) is 0 Å². The van der Waals surface area contributed by atoms with Crippen LogP contribution in [-0.2, 0) is 14.9 Å². The molecule has 1 aromatic carbocycles. The normalized spacial score (nSPS) is 16.7. The van der Waals surface area contributed by atoms with E-state index in [4.69, 9.17) is 13.6 Å². The predicted octanol–water partition coefficient (Wildman–Crippen LogP) is 6.19. The Hall–Kier alpha value is -4.03. The summed E-state index contributed by atoms with van der Waals surface area (Å²) >= 11 is 1.33. The summed E-state index contributed by atoms with van der Waals surface area (Å²) in [7, 11) is 0. The Balaban J connectivity index is 1.21. The summed E-state index contributed by atoms with van der Waals surface area (Å²) in [6.45, 7) is 1.82. The van der Waals surface area contributed by atoms with E-state index in [9.17, 15) is 14.7 Å². The number of benzene rings is 1. The molecule has 3 heterocycles. The summed E-state index contributed by atoms with van der Waals surface area (Å²) in [5.41, 5.74) is 0.998. The molecule has 4 aromatic rings. The second-order valence-electron chi connectivity index (χ2n) is 9.23. The van der Waals surface area contributed by atoms with E-state index in [1.807, 2.05) is 37.3 Å². The highest BCUT2D eigenvalue weighted by atomic mass is 32.1. The molecule has 0 bridgehead atoms. The van der Waals surface area contributed by atoms with Crippen LogP contribution in [0.5, 0.6) is 0 Å². The number of fused-ring (bicyclic) bond motifs is 1. The molecule has 36 heavy (non-hydrogen) atoms. The maximum absolute atomic E-state index is 12.7. The SMILES string of the molecule is CC(OC(=O)Nc1c(C#Cc2cc3cc(C4(C(=O)O)CC4)oc3o2)nsc1C1CC1)c1ccccc1. The van der Waals surface area contributed by atoms with Crippen molar-refractivity contribution < 1.29 is 28.3 Å². The van der Waals surface area contributed by atoms with Gasteiger partial charge in [0.05, 0.1) is 16.0 Å². The highest BCUT2D eigenvalue weighted by Gasteiger charge is 2.54. The largest absolute Gasteiger partial charge is 0.480 e. The number of nitrogens with one attached hydrogen (secondary N) is 1. The Morgan fingerprint density at radius 1 is 1.19 bits per heavy atom. The van der Waals surface area contributed by atoms with Crippen LogP contribution in [0.2, 0.25) is 0 Å². The Labute approximate surface area is 210 Å². The number of rotatable bonds is 6. The van der Waals surface area contributed by atoms with Gasteiger partial charge in [-0.1, -0.05) is 30.3 Å². The first-order valence-corrected chi connectivity index (χ1v) is 12.5. The molecule has 3 aromatic heterocycles. The highest BCUT2D eigenvalue weighted by Crippen LogP contribution is 2.50. The Kier molecular flexibility index (Phi) is 5.34. The first kappa shape index (κ1) is 22.4. The third-order valence-corrected chi connectivity index (χ3v) is 7.60. The molecule has 9 heteroatoms. The first-order valence-electron chi connectivity index (χ1n) is 11.7. The molecular formula is C27H22N2O6S. The molecule has 2 fully saturated rings. The molecule has 0 spiro atoms. The summed E-state index contributed by atoms with van der Waals surface area (Å²) in [5.74, 6) is 6.45. The number of nitrogens with zero attached hydrogens (tertiary/aromatic N) is 1. The minimum atomic E-state index is -0.930. The summed E-state index contributed by atoms with van der Waals surface area (Å²) < 4.78 is 21.4. The molecule has 0 aliphatic heterocycles. The van der Waals surface area contributed by atoms with Gasteiger partial charge in [-0.2, -0.15) is 4.37 Å². The molecule has 1 atom stereocenters. The van der Waals surface area contributed by atoms with Crippen LogP contribution in [0, 0.1) is 11.8 Å². The number of anilines is 1. The van der Waals surface area contributed by atoms with Crippen LogP contribution in [0.3, 0.4) is 0 Å². The van der Waals surface area contributed by atoms with Gasteiger partial charge in [-0.15, -0.1) is 0 Å². The smallest absolute Gasteiger partial charge is 0.412 e. The molecule has 1 amide bonds. The average molecular weight is 503 g/mol. The average Bonchev–Trinajstić information content (AvgIpc) is 3.76. The van der Waals surface area contributed by atoms with Gasteiger partial charge < -0.3 is 18.7 Å². The van der Waals surface area contributed by atoms with Crippen molar-refractivity contribution in [3.8, 4) is 11.8 Å². The predicted molar refractivity (Wildman–Crippen MR) is 132 cm³/mol. The van der Waals surface area contributed by atoms with Crippen LogP contribution in [0.25, 0.3) is 11.2 Å². The summed E-state index contributed by atoms with van der Waals surface area (Å²) in [4.78, 5) is 25.2. The molecule has 2 aliphatic carbocycles. The van der Waals surface area contributed by atoms with Crippen molar-refractivity contribution in [3.63, 3.8) is 0 Å². The first-order chi connectivity index (χ1) is 17.4. The van der Waals surface area contributed by atoms with E-state index in [2.05, 4.69) is 21.5 Å². The lowest BCUT2D eigenvalue weighted by Gasteiger charge is -2.14. The van der Waals surface area contributed by atoms with Crippen LogP contribution >= 0.6 is 11.5 Å². The van der Waals surface area contributed by atoms with Crippen molar-refractivity contribution in [1.82, 2.24) is 4.37 Å². The van der Waals surface area contributed by atoms with E-state index >= 15 is 0 Å². The number of carbonyl (C=O) groups excluding carboxylic acids is 1. The molecule has 1 unspecified atom stereocenters. The number of hydrogen-bond acceptors (Lipinski definition) is 7.